The molecule has 0 unspecified atom stereocenters. The highest BCUT2D eigenvalue weighted by atomic mass is 16.5. The largest absolute Gasteiger partial charge is 0.497 e. The van der Waals surface area contributed by atoms with Crippen LogP contribution in [0.5, 0.6) is 5.75 Å². The van der Waals surface area contributed by atoms with E-state index in [1.54, 1.807) is 7.11 Å². The van der Waals surface area contributed by atoms with Crippen molar-refractivity contribution in [2.75, 3.05) is 33.3 Å². The van der Waals surface area contributed by atoms with Crippen LogP contribution in [-0.4, -0.2) is 65.2 Å². The number of hydrogen-bond donors (Lipinski definition) is 1. The molecule has 0 spiro atoms. The van der Waals surface area contributed by atoms with Crippen LogP contribution in [0.25, 0.3) is 11.3 Å². The fraction of sp³-hybridized carbons (Fsp3) is 0.545. The van der Waals surface area contributed by atoms with E-state index in [0.29, 0.717) is 11.7 Å². The number of benzene rings is 1. The van der Waals surface area contributed by atoms with Gasteiger partial charge in [0.05, 0.1) is 12.8 Å². The van der Waals surface area contributed by atoms with Gasteiger partial charge in [-0.1, -0.05) is 12.1 Å². The second-order valence-corrected chi connectivity index (χ2v) is 7.88. The van der Waals surface area contributed by atoms with Crippen molar-refractivity contribution in [2.24, 2.45) is 0 Å². The van der Waals surface area contributed by atoms with Crippen LogP contribution in [0.1, 0.15) is 49.0 Å². The highest BCUT2D eigenvalue weighted by Crippen LogP contribution is 2.26. The first kappa shape index (κ1) is 19.0. The highest BCUT2D eigenvalue weighted by molar-refractivity contribution is 5.93. The van der Waals surface area contributed by atoms with Crippen molar-refractivity contribution in [1.82, 2.24) is 20.0 Å². The van der Waals surface area contributed by atoms with Gasteiger partial charge in [-0.3, -0.25) is 9.89 Å². The molecular formula is C22H30N4O2. The summed E-state index contributed by atoms with van der Waals surface area (Å²) in [5.41, 5.74) is 2.29. The maximum absolute atomic E-state index is 13.2. The van der Waals surface area contributed by atoms with Gasteiger partial charge in [0, 0.05) is 24.7 Å². The van der Waals surface area contributed by atoms with E-state index in [1.165, 1.54) is 32.4 Å². The minimum Gasteiger partial charge on any atom is -0.497 e. The number of aromatic amines is 1. The fourth-order valence-corrected chi connectivity index (χ4v) is 4.42. The van der Waals surface area contributed by atoms with Crippen LogP contribution in [0.2, 0.25) is 0 Å². The first-order chi connectivity index (χ1) is 13.7. The standard InChI is InChI=1S/C22H30N4O2/c1-28-19-9-6-7-17(15-19)20-16-21(24-23-20)22(27)26-13-3-2-8-18(26)10-14-25-11-4-5-12-25/h6-7,9,15-16,18H,2-5,8,10-14H2,1H3,(H,23,24)/t18-/m0/s1. The number of H-pyrrole nitrogens is 1. The summed E-state index contributed by atoms with van der Waals surface area (Å²) in [6.45, 7) is 4.37. The lowest BCUT2D eigenvalue weighted by atomic mass is 9.98. The molecule has 0 saturated carbocycles. The Hall–Kier alpha value is -2.34. The number of ether oxygens (including phenoxy) is 1. The predicted molar refractivity (Wildman–Crippen MR) is 110 cm³/mol. The molecule has 1 atom stereocenters. The van der Waals surface area contributed by atoms with Gasteiger partial charge in [0.15, 0.2) is 0 Å². The zero-order chi connectivity index (χ0) is 19.3. The summed E-state index contributed by atoms with van der Waals surface area (Å²) in [5.74, 6) is 0.860. The quantitative estimate of drug-likeness (QED) is 0.830. The monoisotopic (exact) mass is 382 g/mol. The molecule has 150 valence electrons. The number of likely N-dealkylation sites (tertiary alicyclic amines) is 2. The molecule has 6 nitrogen and oxygen atoms in total. The SMILES string of the molecule is COc1cccc(-c2cc(C(=O)N3CCCC[C@H]3CCN3CCCC3)[nH]n2)c1. The van der Waals surface area contributed by atoms with Gasteiger partial charge in [-0.2, -0.15) is 5.10 Å². The minimum atomic E-state index is 0.0766. The maximum atomic E-state index is 13.2. The molecule has 1 aromatic carbocycles. The van der Waals surface area contributed by atoms with Gasteiger partial charge >= 0.3 is 0 Å². The lowest BCUT2D eigenvalue weighted by Crippen LogP contribution is -2.45. The van der Waals surface area contributed by atoms with Crippen molar-refractivity contribution in [3.8, 4) is 17.0 Å². The molecule has 1 amide bonds. The summed E-state index contributed by atoms with van der Waals surface area (Å²) >= 11 is 0. The Morgan fingerprint density at radius 3 is 2.82 bits per heavy atom. The lowest BCUT2D eigenvalue weighted by molar-refractivity contribution is 0.0582. The number of carbonyl (C=O) groups excluding carboxylic acids is 1. The van der Waals surface area contributed by atoms with Gasteiger partial charge in [0.2, 0.25) is 0 Å². The smallest absolute Gasteiger partial charge is 0.272 e. The van der Waals surface area contributed by atoms with E-state index in [-0.39, 0.29) is 5.91 Å². The third-order valence-corrected chi connectivity index (χ3v) is 6.04. The molecule has 3 heterocycles. The third kappa shape index (κ3) is 4.22. The van der Waals surface area contributed by atoms with E-state index >= 15 is 0 Å². The third-order valence-electron chi connectivity index (χ3n) is 6.04. The molecule has 4 rings (SSSR count). The molecule has 0 radical (unpaired) electrons. The molecule has 2 aromatic rings. The summed E-state index contributed by atoms with van der Waals surface area (Å²) < 4.78 is 5.29. The second-order valence-electron chi connectivity index (χ2n) is 7.88. The number of nitrogens with zero attached hydrogens (tertiary/aromatic N) is 3. The Bertz CT molecular complexity index is 797. The van der Waals surface area contributed by atoms with Crippen LogP contribution in [0.4, 0.5) is 0 Å². The Labute approximate surface area is 166 Å². The van der Waals surface area contributed by atoms with Gasteiger partial charge < -0.3 is 14.5 Å². The maximum Gasteiger partial charge on any atom is 0.272 e. The number of amides is 1. The lowest BCUT2D eigenvalue weighted by Gasteiger charge is -2.36. The molecule has 6 heteroatoms. The molecule has 0 aliphatic carbocycles. The van der Waals surface area contributed by atoms with Crippen LogP contribution in [-0.2, 0) is 0 Å². The molecule has 2 fully saturated rings. The first-order valence-corrected chi connectivity index (χ1v) is 10.5. The van der Waals surface area contributed by atoms with Gasteiger partial charge in [-0.05, 0) is 69.8 Å². The molecule has 2 aliphatic rings. The van der Waals surface area contributed by atoms with E-state index in [4.69, 9.17) is 4.74 Å². The van der Waals surface area contributed by atoms with Gasteiger partial charge in [0.1, 0.15) is 11.4 Å². The van der Waals surface area contributed by atoms with E-state index in [0.717, 1.165) is 49.4 Å². The normalized spacial score (nSPS) is 20.5. The Morgan fingerprint density at radius 1 is 1.18 bits per heavy atom. The van der Waals surface area contributed by atoms with Crippen molar-refractivity contribution < 1.29 is 9.53 Å². The van der Waals surface area contributed by atoms with E-state index in [1.807, 2.05) is 30.3 Å². The number of methoxy groups -OCH3 is 1. The van der Waals surface area contributed by atoms with Crippen molar-refractivity contribution in [3.05, 3.63) is 36.0 Å². The first-order valence-electron chi connectivity index (χ1n) is 10.5. The van der Waals surface area contributed by atoms with E-state index < -0.39 is 0 Å². The molecule has 1 N–H and O–H groups in total. The topological polar surface area (TPSA) is 61.5 Å². The van der Waals surface area contributed by atoms with Gasteiger partial charge in [-0.25, -0.2) is 0 Å². The zero-order valence-corrected chi connectivity index (χ0v) is 16.7. The minimum absolute atomic E-state index is 0.0766. The molecule has 1 aromatic heterocycles. The van der Waals surface area contributed by atoms with Crippen LogP contribution < -0.4 is 4.74 Å². The summed E-state index contributed by atoms with van der Waals surface area (Å²) in [6, 6.07) is 9.95. The van der Waals surface area contributed by atoms with Crippen LogP contribution >= 0.6 is 0 Å². The number of rotatable bonds is 6. The highest BCUT2D eigenvalue weighted by Gasteiger charge is 2.29. The number of nitrogens with one attached hydrogen (secondary N) is 1. The number of piperidine rings is 1. The molecule has 0 bridgehead atoms. The van der Waals surface area contributed by atoms with Gasteiger partial charge in [-0.15, -0.1) is 0 Å². The van der Waals surface area contributed by atoms with Crippen LogP contribution in [0.15, 0.2) is 30.3 Å². The fourth-order valence-electron chi connectivity index (χ4n) is 4.42. The number of aromatic nitrogens is 2. The molecule has 2 saturated heterocycles. The Morgan fingerprint density at radius 2 is 2.00 bits per heavy atom. The van der Waals surface area contributed by atoms with Crippen LogP contribution in [0, 0.1) is 0 Å². The Balaban J connectivity index is 1.45. The van der Waals surface area contributed by atoms with Crippen LogP contribution in [0.3, 0.4) is 0 Å². The second kappa shape index (κ2) is 8.78. The Kier molecular flexibility index (Phi) is 5.95. The van der Waals surface area contributed by atoms with E-state index in [9.17, 15) is 4.79 Å². The van der Waals surface area contributed by atoms with Crippen molar-refractivity contribution in [1.29, 1.82) is 0 Å². The van der Waals surface area contributed by atoms with Crippen molar-refractivity contribution in [2.45, 2.75) is 44.6 Å². The average Bonchev–Trinajstić information content (AvgIpc) is 3.44. The predicted octanol–water partition coefficient (Wildman–Crippen LogP) is 3.57. The van der Waals surface area contributed by atoms with Gasteiger partial charge in [0.25, 0.3) is 5.91 Å². The molecule has 2 aliphatic heterocycles. The summed E-state index contributed by atoms with van der Waals surface area (Å²) in [4.78, 5) is 17.8. The summed E-state index contributed by atoms with van der Waals surface area (Å²) in [5, 5.41) is 7.34. The van der Waals surface area contributed by atoms with E-state index in [2.05, 4.69) is 20.0 Å². The van der Waals surface area contributed by atoms with Crippen molar-refractivity contribution in [3.63, 3.8) is 0 Å². The zero-order valence-electron chi connectivity index (χ0n) is 16.7. The average molecular weight is 383 g/mol. The summed E-state index contributed by atoms with van der Waals surface area (Å²) in [7, 11) is 1.65. The van der Waals surface area contributed by atoms with Crippen molar-refractivity contribution >= 4 is 5.91 Å². The number of hydrogen-bond acceptors (Lipinski definition) is 4. The number of carbonyl (C=O) groups is 1. The molecular weight excluding hydrogens is 352 g/mol. The summed E-state index contributed by atoms with van der Waals surface area (Å²) in [6.07, 6.45) is 7.11. The molecule has 28 heavy (non-hydrogen) atoms.